The van der Waals surface area contributed by atoms with Gasteiger partial charge in [-0.3, -0.25) is 4.79 Å². The molecule has 0 heterocycles. The highest BCUT2D eigenvalue weighted by atomic mass is 19.1. The van der Waals surface area contributed by atoms with Crippen LogP contribution in [0.15, 0.2) is 42.5 Å². The zero-order chi connectivity index (χ0) is 15.2. The van der Waals surface area contributed by atoms with Crippen molar-refractivity contribution in [1.29, 1.82) is 5.26 Å². The van der Waals surface area contributed by atoms with Gasteiger partial charge in [-0.15, -0.1) is 0 Å². The maximum Gasteiger partial charge on any atom is 0.258 e. The Hall–Kier alpha value is -2.87. The van der Waals surface area contributed by atoms with Gasteiger partial charge in [0.25, 0.3) is 5.91 Å². The number of carbonyl (C=O) groups is 1. The lowest BCUT2D eigenvalue weighted by molar-refractivity contribution is 0.102. The highest BCUT2D eigenvalue weighted by Crippen LogP contribution is 2.17. The molecule has 4 nitrogen and oxygen atoms in total. The number of nitrogens with zero attached hydrogens (tertiary/aromatic N) is 1. The molecule has 0 unspecified atom stereocenters. The number of carbonyl (C=O) groups excluding carboxylic acids is 1. The number of rotatable bonds is 4. The number of amides is 1. The second-order valence-corrected chi connectivity index (χ2v) is 4.41. The van der Waals surface area contributed by atoms with Crippen molar-refractivity contribution in [2.45, 2.75) is 6.92 Å². The summed E-state index contributed by atoms with van der Waals surface area (Å²) in [4.78, 5) is 12.0. The van der Waals surface area contributed by atoms with E-state index < -0.39 is 11.7 Å². The molecular weight excluding hydrogens is 271 g/mol. The molecule has 2 aromatic rings. The molecule has 0 bridgehead atoms. The van der Waals surface area contributed by atoms with Gasteiger partial charge < -0.3 is 10.1 Å². The van der Waals surface area contributed by atoms with E-state index in [1.54, 1.807) is 37.3 Å². The van der Waals surface area contributed by atoms with Crippen LogP contribution in [-0.2, 0) is 0 Å². The third-order valence-corrected chi connectivity index (χ3v) is 2.78. The lowest BCUT2D eigenvalue weighted by Crippen LogP contribution is -2.13. The van der Waals surface area contributed by atoms with Gasteiger partial charge >= 0.3 is 0 Å². The van der Waals surface area contributed by atoms with Gasteiger partial charge in [0.2, 0.25) is 0 Å². The molecule has 0 fully saturated rings. The molecule has 0 saturated heterocycles. The van der Waals surface area contributed by atoms with Crippen molar-refractivity contribution >= 4 is 11.6 Å². The van der Waals surface area contributed by atoms with Gasteiger partial charge in [0.15, 0.2) is 6.61 Å². The van der Waals surface area contributed by atoms with Crippen molar-refractivity contribution in [3.63, 3.8) is 0 Å². The summed E-state index contributed by atoms with van der Waals surface area (Å²) in [6, 6.07) is 12.7. The molecule has 0 spiro atoms. The Morgan fingerprint density at radius 2 is 2.00 bits per heavy atom. The van der Waals surface area contributed by atoms with Crippen LogP contribution in [0.5, 0.6) is 5.75 Å². The first kappa shape index (κ1) is 14.5. The Morgan fingerprint density at radius 1 is 1.29 bits per heavy atom. The van der Waals surface area contributed by atoms with Gasteiger partial charge in [-0.25, -0.2) is 4.39 Å². The lowest BCUT2D eigenvalue weighted by atomic mass is 10.1. The van der Waals surface area contributed by atoms with Gasteiger partial charge in [-0.2, -0.15) is 5.26 Å². The molecule has 0 aliphatic rings. The van der Waals surface area contributed by atoms with Crippen molar-refractivity contribution in [1.82, 2.24) is 0 Å². The number of nitrogens with one attached hydrogen (secondary N) is 1. The summed E-state index contributed by atoms with van der Waals surface area (Å²) in [5.41, 5.74) is 1.33. The van der Waals surface area contributed by atoms with E-state index in [9.17, 15) is 9.18 Å². The Morgan fingerprint density at radius 3 is 2.67 bits per heavy atom. The Labute approximate surface area is 121 Å². The average molecular weight is 284 g/mol. The van der Waals surface area contributed by atoms with E-state index in [0.29, 0.717) is 11.4 Å². The van der Waals surface area contributed by atoms with E-state index in [1.165, 1.54) is 12.1 Å². The van der Waals surface area contributed by atoms with Gasteiger partial charge in [-0.1, -0.05) is 11.6 Å². The number of halogens is 1. The molecule has 0 saturated carbocycles. The summed E-state index contributed by atoms with van der Waals surface area (Å²) in [6.07, 6.45) is 0. The van der Waals surface area contributed by atoms with E-state index in [2.05, 4.69) is 5.32 Å². The van der Waals surface area contributed by atoms with Crippen molar-refractivity contribution in [2.24, 2.45) is 0 Å². The summed E-state index contributed by atoms with van der Waals surface area (Å²) in [5.74, 6) is -0.551. The third-order valence-electron chi connectivity index (χ3n) is 2.78. The van der Waals surface area contributed by atoms with Crippen LogP contribution in [0.25, 0.3) is 0 Å². The topological polar surface area (TPSA) is 62.1 Å². The fourth-order valence-corrected chi connectivity index (χ4v) is 1.76. The normalized spacial score (nSPS) is 9.76. The van der Waals surface area contributed by atoms with E-state index in [4.69, 9.17) is 10.00 Å². The molecule has 0 atom stereocenters. The van der Waals surface area contributed by atoms with Crippen LogP contribution in [-0.4, -0.2) is 12.5 Å². The number of benzene rings is 2. The first-order chi connectivity index (χ1) is 10.1. The van der Waals surface area contributed by atoms with Gasteiger partial charge in [0.05, 0.1) is 5.56 Å². The number of nitriles is 1. The molecular formula is C16H13FN2O2. The summed E-state index contributed by atoms with van der Waals surface area (Å²) in [5, 5.41) is 11.0. The first-order valence-electron chi connectivity index (χ1n) is 6.27. The van der Waals surface area contributed by atoms with Crippen LogP contribution in [0, 0.1) is 24.1 Å². The quantitative estimate of drug-likeness (QED) is 0.937. The summed E-state index contributed by atoms with van der Waals surface area (Å²) < 4.78 is 18.7. The van der Waals surface area contributed by atoms with Crippen LogP contribution in [0.3, 0.4) is 0 Å². The SMILES string of the molecule is Cc1ccc(F)c(C(=O)Nc2ccc(OCC#N)cc2)c1. The summed E-state index contributed by atoms with van der Waals surface area (Å²) >= 11 is 0. The predicted octanol–water partition coefficient (Wildman–Crippen LogP) is 3.29. The summed E-state index contributed by atoms with van der Waals surface area (Å²) in [6.45, 7) is 1.75. The molecule has 5 heteroatoms. The molecule has 0 radical (unpaired) electrons. The van der Waals surface area contributed by atoms with E-state index in [0.717, 1.165) is 5.56 Å². The Balaban J connectivity index is 2.09. The van der Waals surface area contributed by atoms with Crippen LogP contribution in [0.4, 0.5) is 10.1 Å². The van der Waals surface area contributed by atoms with E-state index in [-0.39, 0.29) is 12.2 Å². The second kappa shape index (κ2) is 6.53. The maximum absolute atomic E-state index is 13.6. The van der Waals surface area contributed by atoms with Gasteiger partial charge in [-0.05, 0) is 43.3 Å². The summed E-state index contributed by atoms with van der Waals surface area (Å²) in [7, 11) is 0. The van der Waals surface area contributed by atoms with Crippen LogP contribution in [0.2, 0.25) is 0 Å². The minimum absolute atomic E-state index is 0.000179. The molecule has 2 rings (SSSR count). The fraction of sp³-hybridized carbons (Fsp3) is 0.125. The van der Waals surface area contributed by atoms with Gasteiger partial charge in [0, 0.05) is 5.69 Å². The molecule has 1 amide bonds. The van der Waals surface area contributed by atoms with Crippen LogP contribution >= 0.6 is 0 Å². The number of ether oxygens (including phenoxy) is 1. The zero-order valence-corrected chi connectivity index (χ0v) is 11.4. The average Bonchev–Trinajstić information content (AvgIpc) is 2.49. The minimum Gasteiger partial charge on any atom is -0.479 e. The molecule has 0 aliphatic carbocycles. The number of anilines is 1. The monoisotopic (exact) mass is 284 g/mol. The van der Waals surface area contributed by atoms with E-state index >= 15 is 0 Å². The first-order valence-corrected chi connectivity index (χ1v) is 6.27. The predicted molar refractivity (Wildman–Crippen MR) is 76.6 cm³/mol. The molecule has 106 valence electrons. The fourth-order valence-electron chi connectivity index (χ4n) is 1.76. The highest BCUT2D eigenvalue weighted by Gasteiger charge is 2.12. The number of hydrogen-bond acceptors (Lipinski definition) is 3. The van der Waals surface area contributed by atoms with Crippen LogP contribution < -0.4 is 10.1 Å². The lowest BCUT2D eigenvalue weighted by Gasteiger charge is -2.08. The van der Waals surface area contributed by atoms with Crippen molar-refractivity contribution in [3.05, 3.63) is 59.4 Å². The van der Waals surface area contributed by atoms with Crippen molar-refractivity contribution in [2.75, 3.05) is 11.9 Å². The standard InChI is InChI=1S/C16H13FN2O2/c1-11-2-7-15(17)14(10-11)16(20)19-12-3-5-13(6-4-12)21-9-8-18/h2-7,10H,9H2,1H3,(H,19,20). The minimum atomic E-state index is -0.563. The smallest absolute Gasteiger partial charge is 0.258 e. The van der Waals surface area contributed by atoms with E-state index in [1.807, 2.05) is 6.07 Å². The third kappa shape index (κ3) is 3.80. The maximum atomic E-state index is 13.6. The molecule has 0 aromatic heterocycles. The second-order valence-electron chi connectivity index (χ2n) is 4.41. The molecule has 21 heavy (non-hydrogen) atoms. The molecule has 0 aliphatic heterocycles. The number of aryl methyl sites for hydroxylation is 1. The molecule has 1 N–H and O–H groups in total. The molecule has 2 aromatic carbocycles. The van der Waals surface area contributed by atoms with Crippen molar-refractivity contribution in [3.8, 4) is 11.8 Å². The van der Waals surface area contributed by atoms with Crippen molar-refractivity contribution < 1.29 is 13.9 Å². The number of hydrogen-bond donors (Lipinski definition) is 1. The Kier molecular flexibility index (Phi) is 4.52. The largest absolute Gasteiger partial charge is 0.479 e. The van der Waals surface area contributed by atoms with Crippen LogP contribution in [0.1, 0.15) is 15.9 Å². The van der Waals surface area contributed by atoms with Gasteiger partial charge in [0.1, 0.15) is 17.6 Å². The zero-order valence-electron chi connectivity index (χ0n) is 11.4. The highest BCUT2D eigenvalue weighted by molar-refractivity contribution is 6.04. The Bertz CT molecular complexity index is 690.